The van der Waals surface area contributed by atoms with Crippen molar-refractivity contribution < 1.29 is 18.0 Å². The Balaban J connectivity index is 2.14. The lowest BCUT2D eigenvalue weighted by Gasteiger charge is -2.08. The summed E-state index contributed by atoms with van der Waals surface area (Å²) in [5.41, 5.74) is 2.41. The van der Waals surface area contributed by atoms with Crippen LogP contribution in [0, 0.1) is 0 Å². The van der Waals surface area contributed by atoms with Gasteiger partial charge >= 0.3 is 6.18 Å². The summed E-state index contributed by atoms with van der Waals surface area (Å²) in [6, 6.07) is 10.9. The molecule has 0 spiro atoms. The van der Waals surface area contributed by atoms with Crippen LogP contribution in [0.5, 0.6) is 0 Å². The maximum atomic E-state index is 12.7. The van der Waals surface area contributed by atoms with Gasteiger partial charge < -0.3 is 0 Å². The predicted octanol–water partition coefficient (Wildman–Crippen LogP) is 4.51. The molecule has 0 aliphatic heterocycles. The lowest BCUT2D eigenvalue weighted by molar-refractivity contribution is -0.137. The van der Waals surface area contributed by atoms with Crippen molar-refractivity contribution in [3.05, 3.63) is 70.2 Å². The van der Waals surface area contributed by atoms with Gasteiger partial charge in [-0.1, -0.05) is 23.7 Å². The highest BCUT2D eigenvalue weighted by atomic mass is 35.5. The molecule has 0 heterocycles. The number of rotatable bonds is 3. The van der Waals surface area contributed by atoms with E-state index in [0.29, 0.717) is 10.6 Å². The van der Waals surface area contributed by atoms with Gasteiger partial charge in [-0.3, -0.25) is 4.79 Å². The molecule has 0 saturated carbocycles. The first-order chi connectivity index (χ1) is 10.8. The molecule has 0 bridgehead atoms. The van der Waals surface area contributed by atoms with Crippen LogP contribution in [-0.4, -0.2) is 11.6 Å². The van der Waals surface area contributed by atoms with E-state index in [-0.39, 0.29) is 11.3 Å². The molecule has 2 aromatic carbocycles. The van der Waals surface area contributed by atoms with Gasteiger partial charge in [0.2, 0.25) is 0 Å². The van der Waals surface area contributed by atoms with E-state index >= 15 is 0 Å². The molecule has 0 aromatic heterocycles. The van der Waals surface area contributed by atoms with Crippen molar-refractivity contribution in [1.82, 2.24) is 5.43 Å². The molecule has 1 N–H and O–H groups in total. The smallest absolute Gasteiger partial charge is 0.267 e. The summed E-state index contributed by atoms with van der Waals surface area (Å²) in [7, 11) is 0. The van der Waals surface area contributed by atoms with Crippen molar-refractivity contribution in [2.45, 2.75) is 13.1 Å². The Morgan fingerprint density at radius 2 is 1.74 bits per heavy atom. The highest BCUT2D eigenvalue weighted by Gasteiger charge is 2.30. The van der Waals surface area contributed by atoms with E-state index in [1.807, 2.05) is 0 Å². The normalized spacial score (nSPS) is 12.1. The van der Waals surface area contributed by atoms with Gasteiger partial charge in [-0.05, 0) is 48.9 Å². The van der Waals surface area contributed by atoms with Gasteiger partial charge in [0.05, 0.1) is 11.3 Å². The van der Waals surface area contributed by atoms with Gasteiger partial charge in [-0.25, -0.2) is 5.43 Å². The number of carbonyl (C=O) groups is 1. The lowest BCUT2D eigenvalue weighted by atomic mass is 10.1. The Kier molecular flexibility index (Phi) is 5.05. The lowest BCUT2D eigenvalue weighted by Crippen LogP contribution is -2.19. The quantitative estimate of drug-likeness (QED) is 0.648. The van der Waals surface area contributed by atoms with Crippen LogP contribution in [0.2, 0.25) is 5.02 Å². The number of nitrogens with zero attached hydrogens (tertiary/aromatic N) is 1. The number of hydrazone groups is 1. The summed E-state index contributed by atoms with van der Waals surface area (Å²) < 4.78 is 38.0. The van der Waals surface area contributed by atoms with E-state index in [1.165, 1.54) is 31.2 Å². The Morgan fingerprint density at radius 1 is 1.09 bits per heavy atom. The number of carbonyl (C=O) groups excluding carboxylic acids is 1. The molecule has 0 radical (unpaired) electrons. The van der Waals surface area contributed by atoms with E-state index in [9.17, 15) is 18.0 Å². The number of hydrogen-bond donors (Lipinski definition) is 1. The maximum absolute atomic E-state index is 12.7. The van der Waals surface area contributed by atoms with E-state index in [2.05, 4.69) is 10.5 Å². The summed E-state index contributed by atoms with van der Waals surface area (Å²) in [4.78, 5) is 11.9. The third-order valence-corrected chi connectivity index (χ3v) is 3.29. The van der Waals surface area contributed by atoms with Gasteiger partial charge in [0.1, 0.15) is 0 Å². The van der Waals surface area contributed by atoms with Crippen molar-refractivity contribution in [3.8, 4) is 0 Å². The molecule has 1 amide bonds. The van der Waals surface area contributed by atoms with Crippen molar-refractivity contribution in [2.75, 3.05) is 0 Å². The van der Waals surface area contributed by atoms with E-state index < -0.39 is 17.6 Å². The highest BCUT2D eigenvalue weighted by molar-refractivity contribution is 6.30. The average Bonchev–Trinajstić information content (AvgIpc) is 2.52. The van der Waals surface area contributed by atoms with Crippen LogP contribution in [0.3, 0.4) is 0 Å². The molecular weight excluding hydrogens is 329 g/mol. The summed E-state index contributed by atoms with van der Waals surface area (Å²) in [6.07, 6.45) is -4.43. The maximum Gasteiger partial charge on any atom is 0.416 e. The summed E-state index contributed by atoms with van der Waals surface area (Å²) in [5, 5.41) is 4.32. The SMILES string of the molecule is C/C(=N/NC(=O)c1ccc(Cl)cc1)c1cccc(C(F)(F)F)c1. The van der Waals surface area contributed by atoms with Crippen LogP contribution in [0.25, 0.3) is 0 Å². The summed E-state index contributed by atoms with van der Waals surface area (Å²) in [6.45, 7) is 1.51. The molecule has 2 rings (SSSR count). The van der Waals surface area contributed by atoms with Crippen LogP contribution in [0.15, 0.2) is 53.6 Å². The highest BCUT2D eigenvalue weighted by Crippen LogP contribution is 2.29. The standard InChI is InChI=1S/C16H12ClF3N2O/c1-10(12-3-2-4-13(9-12)16(18,19)20)21-22-15(23)11-5-7-14(17)8-6-11/h2-9H,1H3,(H,22,23)/b21-10-. The number of halogens is 4. The zero-order valence-electron chi connectivity index (χ0n) is 12.0. The van der Waals surface area contributed by atoms with E-state index in [4.69, 9.17) is 11.6 Å². The van der Waals surface area contributed by atoms with Gasteiger partial charge in [-0.15, -0.1) is 0 Å². The van der Waals surface area contributed by atoms with Crippen LogP contribution in [0.1, 0.15) is 28.4 Å². The Morgan fingerprint density at radius 3 is 2.35 bits per heavy atom. The fraction of sp³-hybridized carbons (Fsp3) is 0.125. The van der Waals surface area contributed by atoms with Crippen molar-refractivity contribution in [3.63, 3.8) is 0 Å². The van der Waals surface area contributed by atoms with E-state index in [0.717, 1.165) is 12.1 Å². The molecule has 3 nitrogen and oxygen atoms in total. The fourth-order valence-electron chi connectivity index (χ4n) is 1.79. The van der Waals surface area contributed by atoms with Gasteiger partial charge in [0, 0.05) is 10.6 Å². The molecule has 23 heavy (non-hydrogen) atoms. The Bertz CT molecular complexity index is 740. The molecule has 0 fully saturated rings. The third kappa shape index (κ3) is 4.56. The van der Waals surface area contributed by atoms with Gasteiger partial charge in [0.25, 0.3) is 5.91 Å². The first-order valence-corrected chi connectivity index (χ1v) is 6.93. The molecule has 0 atom stereocenters. The molecule has 0 aliphatic carbocycles. The van der Waals surface area contributed by atoms with Crippen LogP contribution in [0.4, 0.5) is 13.2 Å². The topological polar surface area (TPSA) is 41.5 Å². The number of nitrogens with one attached hydrogen (secondary N) is 1. The molecule has 2 aromatic rings. The molecule has 7 heteroatoms. The Labute approximate surface area is 135 Å². The minimum absolute atomic E-state index is 0.262. The monoisotopic (exact) mass is 340 g/mol. The minimum atomic E-state index is -4.43. The van der Waals surface area contributed by atoms with Crippen molar-refractivity contribution >= 4 is 23.2 Å². The second-order valence-corrected chi connectivity index (χ2v) is 5.16. The first-order valence-electron chi connectivity index (χ1n) is 6.55. The number of hydrogen-bond acceptors (Lipinski definition) is 2. The minimum Gasteiger partial charge on any atom is -0.267 e. The number of benzene rings is 2. The summed E-state index contributed by atoms with van der Waals surface area (Å²) in [5.74, 6) is -0.479. The number of alkyl halides is 3. The molecule has 0 unspecified atom stereocenters. The first kappa shape index (κ1) is 17.0. The molecule has 120 valence electrons. The third-order valence-electron chi connectivity index (χ3n) is 3.04. The second kappa shape index (κ2) is 6.83. The molecular formula is C16H12ClF3N2O. The van der Waals surface area contributed by atoms with Crippen molar-refractivity contribution in [1.29, 1.82) is 0 Å². The second-order valence-electron chi connectivity index (χ2n) is 4.72. The predicted molar refractivity (Wildman–Crippen MR) is 82.6 cm³/mol. The zero-order chi connectivity index (χ0) is 17.0. The summed E-state index contributed by atoms with van der Waals surface area (Å²) >= 11 is 5.72. The van der Waals surface area contributed by atoms with Crippen LogP contribution >= 0.6 is 11.6 Å². The van der Waals surface area contributed by atoms with Crippen molar-refractivity contribution in [2.24, 2.45) is 5.10 Å². The van der Waals surface area contributed by atoms with Gasteiger partial charge in [0.15, 0.2) is 0 Å². The zero-order valence-corrected chi connectivity index (χ0v) is 12.7. The fourth-order valence-corrected chi connectivity index (χ4v) is 1.91. The molecule has 0 saturated heterocycles. The largest absolute Gasteiger partial charge is 0.416 e. The molecule has 0 aliphatic rings. The van der Waals surface area contributed by atoms with Gasteiger partial charge in [-0.2, -0.15) is 18.3 Å². The van der Waals surface area contributed by atoms with Crippen LogP contribution in [-0.2, 0) is 6.18 Å². The average molecular weight is 341 g/mol. The number of amides is 1. The van der Waals surface area contributed by atoms with E-state index in [1.54, 1.807) is 12.1 Å². The Hall–Kier alpha value is -2.34. The van der Waals surface area contributed by atoms with Crippen LogP contribution < -0.4 is 5.43 Å².